The van der Waals surface area contributed by atoms with Crippen molar-refractivity contribution in [3.05, 3.63) is 224 Å². The molecule has 0 aliphatic rings. The first-order valence-corrected chi connectivity index (χ1v) is 23.0. The third kappa shape index (κ3) is 5.15. The van der Waals surface area contributed by atoms with Gasteiger partial charge >= 0.3 is 0 Å². The van der Waals surface area contributed by atoms with Crippen molar-refractivity contribution in [2.24, 2.45) is 0 Å². The Bertz CT molecular complexity index is 4300. The molecule has 15 rings (SSSR count). The highest BCUT2D eigenvalue weighted by atomic mass is 15.3. The van der Waals surface area contributed by atoms with Crippen LogP contribution in [0.3, 0.4) is 0 Å². The van der Waals surface area contributed by atoms with E-state index < -0.39 is 0 Å². The van der Waals surface area contributed by atoms with Crippen LogP contribution in [-0.4, -0.2) is 33.2 Å². The fourth-order valence-corrected chi connectivity index (χ4v) is 11.1. The van der Waals surface area contributed by atoms with Crippen molar-refractivity contribution in [2.75, 3.05) is 0 Å². The van der Waals surface area contributed by atoms with Crippen LogP contribution < -0.4 is 0 Å². The van der Waals surface area contributed by atoms with E-state index in [0.717, 1.165) is 104 Å². The summed E-state index contributed by atoms with van der Waals surface area (Å²) < 4.78 is 9.37. The predicted octanol–water partition coefficient (Wildman–Crippen LogP) is 15.1. The predicted molar refractivity (Wildman–Crippen MR) is 280 cm³/mol. The van der Waals surface area contributed by atoms with Gasteiger partial charge in [-0.25, -0.2) is 0 Å². The van der Waals surface area contributed by atoms with Crippen LogP contribution in [0.15, 0.2) is 224 Å². The van der Waals surface area contributed by atoms with Crippen LogP contribution in [0.25, 0.3) is 133 Å². The highest BCUT2D eigenvalue weighted by Gasteiger charge is 2.26. The topological polar surface area (TPSA) is 58.4 Å². The fraction of sp³-hybridized carbons (Fsp3) is 0. The quantitative estimate of drug-likeness (QED) is 0.173. The summed E-state index contributed by atoms with van der Waals surface area (Å²) in [6.07, 6.45) is 0. The summed E-state index contributed by atoms with van der Waals surface area (Å²) in [7, 11) is 0. The minimum Gasteiger partial charge on any atom is -0.307 e. The van der Waals surface area contributed by atoms with E-state index in [9.17, 15) is 0 Å². The number of aromatic nitrogens is 7. The standard InChI is InChI=1S/C61H37N7/c1-3-19-41(20-4-1)65-51-27-13-9-23-43(51)47-33-35-49-45-25-11-15-29-53(45)67(57(49)55(47)65)60-62-59(40-32-31-38-17-7-8-18-39(38)37-40)63-61(64-60)68-54-30-16-12-26-46(54)50-36-34-48-44-24-10-14-28-52(44)66(56(48)58(50)68)42-21-5-2-6-22-42/h1-37H. The summed E-state index contributed by atoms with van der Waals surface area (Å²) in [4.78, 5) is 16.8. The molecule has 0 bridgehead atoms. The second-order valence-electron chi connectivity index (χ2n) is 17.6. The third-order valence-electron chi connectivity index (χ3n) is 14.0. The van der Waals surface area contributed by atoms with Gasteiger partial charge in [0.15, 0.2) is 5.82 Å². The van der Waals surface area contributed by atoms with Crippen LogP contribution >= 0.6 is 0 Å². The summed E-state index contributed by atoms with van der Waals surface area (Å²) in [6.45, 7) is 0. The van der Waals surface area contributed by atoms with Gasteiger partial charge < -0.3 is 9.13 Å². The molecule has 15 aromatic rings. The van der Waals surface area contributed by atoms with Crippen LogP contribution in [-0.2, 0) is 0 Å². The summed E-state index contributed by atoms with van der Waals surface area (Å²) in [5.41, 5.74) is 11.6. The molecule has 0 atom stereocenters. The van der Waals surface area contributed by atoms with Gasteiger partial charge in [-0.2, -0.15) is 15.0 Å². The molecule has 5 heterocycles. The molecule has 10 aromatic carbocycles. The molecule has 0 saturated carbocycles. The Morgan fingerprint density at radius 1 is 0.250 bits per heavy atom. The van der Waals surface area contributed by atoms with E-state index in [1.807, 2.05) is 0 Å². The first kappa shape index (κ1) is 36.9. The van der Waals surface area contributed by atoms with E-state index in [2.05, 4.69) is 243 Å². The number of hydrogen-bond acceptors (Lipinski definition) is 3. The van der Waals surface area contributed by atoms with Crippen LogP contribution in [0.4, 0.5) is 0 Å². The second kappa shape index (κ2) is 14.1. The molecule has 0 aliphatic carbocycles. The summed E-state index contributed by atoms with van der Waals surface area (Å²) >= 11 is 0. The Labute approximate surface area is 388 Å². The third-order valence-corrected chi connectivity index (χ3v) is 14.0. The first-order chi connectivity index (χ1) is 33.8. The lowest BCUT2D eigenvalue weighted by atomic mass is 10.1. The number of nitrogens with zero attached hydrogens (tertiary/aromatic N) is 7. The lowest BCUT2D eigenvalue weighted by Gasteiger charge is -2.15. The van der Waals surface area contributed by atoms with Gasteiger partial charge in [0, 0.05) is 60.0 Å². The van der Waals surface area contributed by atoms with Crippen molar-refractivity contribution in [1.29, 1.82) is 0 Å². The molecule has 68 heavy (non-hydrogen) atoms. The normalized spacial score (nSPS) is 12.1. The minimum absolute atomic E-state index is 0.531. The summed E-state index contributed by atoms with van der Waals surface area (Å²) in [5.74, 6) is 1.64. The lowest BCUT2D eigenvalue weighted by molar-refractivity contribution is 0.893. The van der Waals surface area contributed by atoms with Crippen molar-refractivity contribution in [2.45, 2.75) is 0 Å². The van der Waals surface area contributed by atoms with Crippen molar-refractivity contribution >= 4 is 98.0 Å². The maximum absolute atomic E-state index is 5.72. The molecule has 0 spiro atoms. The highest BCUT2D eigenvalue weighted by Crippen LogP contribution is 2.44. The number of para-hydroxylation sites is 6. The summed E-state index contributed by atoms with van der Waals surface area (Å²) in [5, 5.41) is 11.4. The Morgan fingerprint density at radius 3 is 1.04 bits per heavy atom. The molecule has 0 aliphatic heterocycles. The smallest absolute Gasteiger partial charge is 0.240 e. The maximum atomic E-state index is 5.72. The van der Waals surface area contributed by atoms with Crippen molar-refractivity contribution in [3.8, 4) is 34.7 Å². The molecule has 7 heteroatoms. The van der Waals surface area contributed by atoms with Crippen LogP contribution in [0.1, 0.15) is 0 Å². The number of fused-ring (bicyclic) bond motifs is 15. The summed E-state index contributed by atoms with van der Waals surface area (Å²) in [6, 6.07) is 80.1. The van der Waals surface area contributed by atoms with Crippen molar-refractivity contribution in [1.82, 2.24) is 33.2 Å². The van der Waals surface area contributed by atoms with E-state index in [-0.39, 0.29) is 0 Å². The Hall–Kier alpha value is -9.33. The first-order valence-electron chi connectivity index (χ1n) is 23.0. The largest absolute Gasteiger partial charge is 0.307 e. The zero-order valence-electron chi connectivity index (χ0n) is 36.5. The highest BCUT2D eigenvalue weighted by molar-refractivity contribution is 6.25. The van der Waals surface area contributed by atoms with Gasteiger partial charge in [0.05, 0.1) is 44.1 Å². The van der Waals surface area contributed by atoms with Crippen LogP contribution in [0, 0.1) is 0 Å². The molecule has 0 N–H and O–H groups in total. The molecular weight excluding hydrogens is 831 g/mol. The molecule has 0 amide bonds. The molecule has 5 aromatic heterocycles. The lowest BCUT2D eigenvalue weighted by Crippen LogP contribution is -2.11. The van der Waals surface area contributed by atoms with Crippen molar-refractivity contribution in [3.63, 3.8) is 0 Å². The fourth-order valence-electron chi connectivity index (χ4n) is 11.1. The van der Waals surface area contributed by atoms with Gasteiger partial charge in [0.25, 0.3) is 0 Å². The molecule has 0 radical (unpaired) electrons. The van der Waals surface area contributed by atoms with Gasteiger partial charge in [0.2, 0.25) is 11.9 Å². The van der Waals surface area contributed by atoms with Gasteiger partial charge in [-0.15, -0.1) is 0 Å². The molecular formula is C61H37N7. The monoisotopic (exact) mass is 867 g/mol. The second-order valence-corrected chi connectivity index (χ2v) is 17.6. The number of hydrogen-bond donors (Lipinski definition) is 0. The van der Waals surface area contributed by atoms with Gasteiger partial charge in [-0.1, -0.05) is 170 Å². The van der Waals surface area contributed by atoms with E-state index in [4.69, 9.17) is 15.0 Å². The van der Waals surface area contributed by atoms with E-state index >= 15 is 0 Å². The Morgan fingerprint density at radius 2 is 0.603 bits per heavy atom. The zero-order valence-corrected chi connectivity index (χ0v) is 36.5. The van der Waals surface area contributed by atoms with Gasteiger partial charge in [-0.05, 0) is 65.4 Å². The van der Waals surface area contributed by atoms with Gasteiger partial charge in [-0.3, -0.25) is 9.13 Å². The molecule has 0 fully saturated rings. The Kier molecular flexibility index (Phi) is 7.65. The SMILES string of the molecule is c1ccc(-n2c3ccccc3c3ccc4c5ccccc5n(-c5nc(-c6ccc7ccccc7c6)nc(-n6c7ccccc7c7ccc8c9ccccc9n(-c9ccccc9)c8c76)n5)c4c32)cc1. The molecule has 7 nitrogen and oxygen atoms in total. The minimum atomic E-state index is 0.531. The van der Waals surface area contributed by atoms with Crippen molar-refractivity contribution < 1.29 is 0 Å². The molecule has 0 unspecified atom stereocenters. The van der Waals surface area contributed by atoms with Gasteiger partial charge in [0.1, 0.15) is 0 Å². The maximum Gasteiger partial charge on any atom is 0.240 e. The average molecular weight is 868 g/mol. The van der Waals surface area contributed by atoms with E-state index in [1.54, 1.807) is 0 Å². The number of benzene rings is 10. The molecule has 316 valence electrons. The average Bonchev–Trinajstić information content (AvgIpc) is 4.14. The van der Waals surface area contributed by atoms with Crippen LogP contribution in [0.5, 0.6) is 0 Å². The van der Waals surface area contributed by atoms with E-state index in [0.29, 0.717) is 17.7 Å². The zero-order chi connectivity index (χ0) is 44.5. The Balaban J connectivity index is 1.13. The van der Waals surface area contributed by atoms with Crippen LogP contribution in [0.2, 0.25) is 0 Å². The molecule has 0 saturated heterocycles. The number of rotatable bonds is 5. The van der Waals surface area contributed by atoms with E-state index in [1.165, 1.54) is 10.8 Å².